The standard InChI is InChI=1S/C31H32N2O2/c1-5-33-29-13-9-7-11-26(29)27(30(33)34)20-22-21-32(28-12-8-6-10-25(22)28)18-19-35-24-16-14-23(15-17-24)31(2,3)4/h6-17,20-21H,5,18-19H2,1-4H3/b27-20+. The van der Waals surface area contributed by atoms with Crippen LogP contribution in [0.3, 0.4) is 0 Å². The van der Waals surface area contributed by atoms with Gasteiger partial charge in [0.15, 0.2) is 0 Å². The first kappa shape index (κ1) is 23.0. The predicted molar refractivity (Wildman–Crippen MR) is 145 cm³/mol. The Morgan fingerprint density at radius 1 is 0.914 bits per heavy atom. The molecular weight excluding hydrogens is 432 g/mol. The Balaban J connectivity index is 1.40. The first-order valence-corrected chi connectivity index (χ1v) is 12.3. The van der Waals surface area contributed by atoms with Gasteiger partial charge in [0.05, 0.1) is 12.2 Å². The highest BCUT2D eigenvalue weighted by molar-refractivity contribution is 6.36. The molecule has 1 aliphatic rings. The van der Waals surface area contributed by atoms with E-state index in [1.54, 1.807) is 0 Å². The van der Waals surface area contributed by atoms with Crippen LogP contribution in [0.2, 0.25) is 0 Å². The number of likely N-dealkylation sites (N-methyl/N-ethyl adjacent to an activating group) is 1. The van der Waals surface area contributed by atoms with Crippen molar-refractivity contribution in [3.05, 3.63) is 95.7 Å². The maximum Gasteiger partial charge on any atom is 0.258 e. The molecule has 1 aliphatic heterocycles. The van der Waals surface area contributed by atoms with Crippen LogP contribution in [0.4, 0.5) is 5.69 Å². The molecule has 1 amide bonds. The first-order valence-electron chi connectivity index (χ1n) is 12.3. The van der Waals surface area contributed by atoms with E-state index in [9.17, 15) is 4.79 Å². The lowest BCUT2D eigenvalue weighted by molar-refractivity contribution is -0.112. The highest BCUT2D eigenvalue weighted by Gasteiger charge is 2.31. The van der Waals surface area contributed by atoms with Crippen molar-refractivity contribution in [1.29, 1.82) is 0 Å². The van der Waals surface area contributed by atoms with Crippen molar-refractivity contribution >= 4 is 34.1 Å². The van der Waals surface area contributed by atoms with E-state index in [1.165, 1.54) is 5.56 Å². The van der Waals surface area contributed by atoms with Crippen LogP contribution in [0.1, 0.15) is 44.4 Å². The Morgan fingerprint density at radius 3 is 2.37 bits per heavy atom. The smallest absolute Gasteiger partial charge is 0.258 e. The van der Waals surface area contributed by atoms with E-state index in [1.807, 2.05) is 60.4 Å². The molecule has 4 heteroatoms. The Hall–Kier alpha value is -3.79. The monoisotopic (exact) mass is 464 g/mol. The van der Waals surface area contributed by atoms with Gasteiger partial charge in [-0.25, -0.2) is 0 Å². The number of nitrogens with zero attached hydrogens (tertiary/aromatic N) is 2. The molecule has 4 aromatic rings. The van der Waals surface area contributed by atoms with Crippen LogP contribution in [-0.2, 0) is 16.8 Å². The number of aromatic nitrogens is 1. The van der Waals surface area contributed by atoms with Crippen LogP contribution in [0.5, 0.6) is 5.75 Å². The van der Waals surface area contributed by atoms with E-state index < -0.39 is 0 Å². The highest BCUT2D eigenvalue weighted by Crippen LogP contribution is 2.38. The van der Waals surface area contributed by atoms with E-state index in [0.29, 0.717) is 13.2 Å². The lowest BCUT2D eigenvalue weighted by Crippen LogP contribution is -2.25. The van der Waals surface area contributed by atoms with Gasteiger partial charge in [-0.15, -0.1) is 0 Å². The van der Waals surface area contributed by atoms with Gasteiger partial charge in [-0.05, 0) is 48.2 Å². The molecule has 0 saturated heterocycles. The zero-order valence-electron chi connectivity index (χ0n) is 20.9. The summed E-state index contributed by atoms with van der Waals surface area (Å²) >= 11 is 0. The molecule has 0 saturated carbocycles. The third kappa shape index (κ3) is 4.37. The summed E-state index contributed by atoms with van der Waals surface area (Å²) in [7, 11) is 0. The predicted octanol–water partition coefficient (Wildman–Crippen LogP) is 6.92. The van der Waals surface area contributed by atoms with Crippen molar-refractivity contribution in [2.45, 2.75) is 39.7 Å². The molecule has 0 bridgehead atoms. The third-order valence-corrected chi connectivity index (χ3v) is 6.72. The molecular formula is C31H32N2O2. The van der Waals surface area contributed by atoms with Crippen LogP contribution in [0.15, 0.2) is 79.0 Å². The zero-order valence-corrected chi connectivity index (χ0v) is 20.9. The molecule has 178 valence electrons. The fourth-order valence-electron chi connectivity index (χ4n) is 4.80. The molecule has 0 N–H and O–H groups in total. The average Bonchev–Trinajstić information content (AvgIpc) is 3.34. The second kappa shape index (κ2) is 9.10. The number of benzene rings is 3. The Bertz CT molecular complexity index is 1400. The fourth-order valence-corrected chi connectivity index (χ4v) is 4.80. The summed E-state index contributed by atoms with van der Waals surface area (Å²) in [4.78, 5) is 15.0. The van der Waals surface area contributed by atoms with E-state index >= 15 is 0 Å². The van der Waals surface area contributed by atoms with Gasteiger partial charge in [0, 0.05) is 40.3 Å². The van der Waals surface area contributed by atoms with Gasteiger partial charge in [0.2, 0.25) is 0 Å². The molecule has 4 nitrogen and oxygen atoms in total. The van der Waals surface area contributed by atoms with Crippen molar-refractivity contribution in [3.8, 4) is 5.75 Å². The van der Waals surface area contributed by atoms with Crippen molar-refractivity contribution in [2.75, 3.05) is 18.1 Å². The SMILES string of the molecule is CCN1C(=O)/C(=C/c2cn(CCOc3ccc(C(C)(C)C)cc3)c3ccccc23)c2ccccc21. The van der Waals surface area contributed by atoms with E-state index in [-0.39, 0.29) is 11.3 Å². The molecule has 0 aliphatic carbocycles. The number of hydrogen-bond acceptors (Lipinski definition) is 2. The lowest BCUT2D eigenvalue weighted by atomic mass is 9.87. The summed E-state index contributed by atoms with van der Waals surface area (Å²) in [6, 6.07) is 24.8. The Labute approximate surface area is 207 Å². The second-order valence-electron chi connectivity index (χ2n) is 10.0. The van der Waals surface area contributed by atoms with Gasteiger partial charge >= 0.3 is 0 Å². The zero-order chi connectivity index (χ0) is 24.6. The van der Waals surface area contributed by atoms with Crippen LogP contribution in [-0.4, -0.2) is 23.6 Å². The molecule has 0 unspecified atom stereocenters. The van der Waals surface area contributed by atoms with Gasteiger partial charge in [0.1, 0.15) is 12.4 Å². The Kier molecular flexibility index (Phi) is 5.98. The maximum absolute atomic E-state index is 13.2. The van der Waals surface area contributed by atoms with Crippen molar-refractivity contribution < 1.29 is 9.53 Å². The van der Waals surface area contributed by atoms with Crippen LogP contribution < -0.4 is 9.64 Å². The summed E-state index contributed by atoms with van der Waals surface area (Å²) in [5.41, 5.74) is 6.34. The number of fused-ring (bicyclic) bond motifs is 2. The molecule has 5 rings (SSSR count). The van der Waals surface area contributed by atoms with Crippen molar-refractivity contribution in [3.63, 3.8) is 0 Å². The average molecular weight is 465 g/mol. The van der Waals surface area contributed by atoms with Gasteiger partial charge in [0.25, 0.3) is 5.91 Å². The number of anilines is 1. The second-order valence-corrected chi connectivity index (χ2v) is 10.0. The summed E-state index contributed by atoms with van der Waals surface area (Å²) in [5.74, 6) is 0.942. The normalized spacial score (nSPS) is 14.7. The van der Waals surface area contributed by atoms with Gasteiger partial charge in [-0.2, -0.15) is 0 Å². The maximum atomic E-state index is 13.2. The van der Waals surface area contributed by atoms with Crippen LogP contribution in [0.25, 0.3) is 22.6 Å². The van der Waals surface area contributed by atoms with Crippen molar-refractivity contribution in [1.82, 2.24) is 4.57 Å². The number of hydrogen-bond donors (Lipinski definition) is 0. The minimum absolute atomic E-state index is 0.0626. The largest absolute Gasteiger partial charge is 0.492 e. The topological polar surface area (TPSA) is 34.5 Å². The molecule has 1 aromatic heterocycles. The minimum atomic E-state index is 0.0626. The Morgan fingerprint density at radius 2 is 1.63 bits per heavy atom. The molecule has 3 aromatic carbocycles. The van der Waals surface area contributed by atoms with E-state index in [0.717, 1.165) is 45.6 Å². The number of carbonyl (C=O) groups is 1. The third-order valence-electron chi connectivity index (χ3n) is 6.72. The highest BCUT2D eigenvalue weighted by atomic mass is 16.5. The fraction of sp³-hybridized carbons (Fsp3) is 0.258. The quantitative estimate of drug-likeness (QED) is 0.290. The molecule has 0 atom stereocenters. The molecule has 0 spiro atoms. The van der Waals surface area contributed by atoms with Gasteiger partial charge in [-0.3, -0.25) is 4.79 Å². The van der Waals surface area contributed by atoms with Gasteiger partial charge < -0.3 is 14.2 Å². The van der Waals surface area contributed by atoms with Crippen LogP contribution in [0, 0.1) is 0 Å². The molecule has 35 heavy (non-hydrogen) atoms. The van der Waals surface area contributed by atoms with Crippen molar-refractivity contribution in [2.24, 2.45) is 0 Å². The molecule has 0 fully saturated rings. The summed E-state index contributed by atoms with van der Waals surface area (Å²) in [5, 5.41) is 1.13. The lowest BCUT2D eigenvalue weighted by Gasteiger charge is -2.19. The number of para-hydroxylation sites is 2. The number of ether oxygens (including phenoxy) is 1. The summed E-state index contributed by atoms with van der Waals surface area (Å²) in [6.07, 6.45) is 4.18. The first-order chi connectivity index (χ1) is 16.9. The van der Waals surface area contributed by atoms with Crippen LogP contribution >= 0.6 is 0 Å². The summed E-state index contributed by atoms with van der Waals surface area (Å²) < 4.78 is 8.28. The van der Waals surface area contributed by atoms with Gasteiger partial charge in [-0.1, -0.05) is 69.3 Å². The number of rotatable bonds is 6. The molecule has 2 heterocycles. The number of carbonyl (C=O) groups excluding carboxylic acids is 1. The number of amides is 1. The summed E-state index contributed by atoms with van der Waals surface area (Å²) in [6.45, 7) is 10.6. The van der Waals surface area contributed by atoms with E-state index in [4.69, 9.17) is 4.74 Å². The minimum Gasteiger partial charge on any atom is -0.492 e. The molecule has 0 radical (unpaired) electrons. The van der Waals surface area contributed by atoms with E-state index in [2.05, 4.69) is 61.9 Å².